The summed E-state index contributed by atoms with van der Waals surface area (Å²) in [5.41, 5.74) is 7.65. The number of rotatable bonds is 3. The van der Waals surface area contributed by atoms with Gasteiger partial charge in [0.05, 0.1) is 25.4 Å². The van der Waals surface area contributed by atoms with Crippen LogP contribution in [0.3, 0.4) is 0 Å². The fraction of sp³-hybridized carbons (Fsp3) is 0.538. The van der Waals surface area contributed by atoms with E-state index in [9.17, 15) is 5.11 Å². The largest absolute Gasteiger partial charge is 0.495 e. The van der Waals surface area contributed by atoms with Crippen LogP contribution >= 0.6 is 0 Å². The molecule has 1 fully saturated rings. The molecule has 0 radical (unpaired) electrons. The molecule has 1 atom stereocenters. The second-order valence-electron chi connectivity index (χ2n) is 4.69. The second kappa shape index (κ2) is 5.46. The molecule has 5 nitrogen and oxygen atoms in total. The molecular formula is C13H21N3O2. The van der Waals surface area contributed by atoms with Gasteiger partial charge in [-0.2, -0.15) is 0 Å². The van der Waals surface area contributed by atoms with Crippen LogP contribution in [0.15, 0.2) is 18.2 Å². The number of nitrogen functional groups attached to an aromatic ring is 1. The predicted molar refractivity (Wildman–Crippen MR) is 73.1 cm³/mol. The van der Waals surface area contributed by atoms with Gasteiger partial charge in [0, 0.05) is 25.3 Å². The zero-order valence-corrected chi connectivity index (χ0v) is 11.0. The highest BCUT2D eigenvalue weighted by Crippen LogP contribution is 2.28. The minimum Gasteiger partial charge on any atom is -0.495 e. The first-order valence-electron chi connectivity index (χ1n) is 6.15. The number of ether oxygens (including phenoxy) is 1. The number of nitrogens with two attached hydrogens (primary N) is 1. The van der Waals surface area contributed by atoms with E-state index in [1.165, 1.54) is 0 Å². The van der Waals surface area contributed by atoms with Crippen molar-refractivity contribution in [2.75, 3.05) is 51.0 Å². The Labute approximate surface area is 108 Å². The molecule has 1 aliphatic rings. The monoisotopic (exact) mass is 251 g/mol. The summed E-state index contributed by atoms with van der Waals surface area (Å²) >= 11 is 0. The van der Waals surface area contributed by atoms with Crippen LogP contribution in [0.25, 0.3) is 0 Å². The molecule has 0 spiro atoms. The van der Waals surface area contributed by atoms with Gasteiger partial charge in [-0.3, -0.25) is 4.90 Å². The molecule has 0 aliphatic carbocycles. The summed E-state index contributed by atoms with van der Waals surface area (Å²) in [6, 6.07) is 6.01. The van der Waals surface area contributed by atoms with Crippen LogP contribution in [0.4, 0.5) is 11.4 Å². The third-order valence-electron chi connectivity index (χ3n) is 3.57. The molecule has 0 bridgehead atoms. The van der Waals surface area contributed by atoms with Crippen LogP contribution in [0.5, 0.6) is 5.75 Å². The molecule has 1 saturated heterocycles. The summed E-state index contributed by atoms with van der Waals surface area (Å²) in [5.74, 6) is 0.701. The Morgan fingerprint density at radius 3 is 2.83 bits per heavy atom. The molecule has 1 aromatic carbocycles. The topological polar surface area (TPSA) is 62.0 Å². The minimum absolute atomic E-state index is 0.179. The Morgan fingerprint density at radius 1 is 1.44 bits per heavy atom. The lowest BCUT2D eigenvalue weighted by atomic mass is 10.1. The zero-order chi connectivity index (χ0) is 13.1. The molecule has 1 heterocycles. The van der Waals surface area contributed by atoms with Gasteiger partial charge in [-0.05, 0) is 25.2 Å². The number of hydrogen-bond donors (Lipinski definition) is 2. The van der Waals surface area contributed by atoms with Crippen molar-refractivity contribution >= 4 is 11.4 Å². The van der Waals surface area contributed by atoms with E-state index in [0.29, 0.717) is 11.4 Å². The minimum atomic E-state index is 0.179. The fourth-order valence-corrected chi connectivity index (χ4v) is 2.30. The second-order valence-corrected chi connectivity index (χ2v) is 4.69. The Hall–Kier alpha value is -1.46. The molecule has 18 heavy (non-hydrogen) atoms. The molecule has 0 aromatic heterocycles. The zero-order valence-electron chi connectivity index (χ0n) is 11.0. The molecule has 2 rings (SSSR count). The maximum Gasteiger partial charge on any atom is 0.141 e. The molecule has 3 N–H and O–H groups in total. The standard InChI is InChI=1S/C13H21N3O2/c1-15-5-6-16(8-11(15)9-17)10-3-4-13(18-2)12(14)7-10/h3-4,7,11,17H,5-6,8-9,14H2,1-2H3. The van der Waals surface area contributed by atoms with E-state index < -0.39 is 0 Å². The van der Waals surface area contributed by atoms with Crippen molar-refractivity contribution in [2.24, 2.45) is 0 Å². The van der Waals surface area contributed by atoms with Crippen LogP contribution in [-0.4, -0.2) is 56.4 Å². The van der Waals surface area contributed by atoms with Gasteiger partial charge in [0.25, 0.3) is 0 Å². The predicted octanol–water partition coefficient (Wildman–Crippen LogP) is 0.390. The average Bonchev–Trinajstić information content (AvgIpc) is 2.39. The van der Waals surface area contributed by atoms with E-state index in [1.807, 2.05) is 25.2 Å². The number of anilines is 2. The van der Waals surface area contributed by atoms with Gasteiger partial charge in [0.1, 0.15) is 5.75 Å². The van der Waals surface area contributed by atoms with Gasteiger partial charge < -0.3 is 20.5 Å². The Balaban J connectivity index is 2.14. The van der Waals surface area contributed by atoms with Gasteiger partial charge >= 0.3 is 0 Å². The highest BCUT2D eigenvalue weighted by molar-refractivity contribution is 5.63. The summed E-state index contributed by atoms with van der Waals surface area (Å²) in [6.07, 6.45) is 0. The smallest absolute Gasteiger partial charge is 0.141 e. The average molecular weight is 251 g/mol. The van der Waals surface area contributed by atoms with E-state index in [-0.39, 0.29) is 12.6 Å². The molecule has 1 unspecified atom stereocenters. The van der Waals surface area contributed by atoms with Crippen LogP contribution < -0.4 is 15.4 Å². The lowest BCUT2D eigenvalue weighted by Crippen LogP contribution is -2.53. The van der Waals surface area contributed by atoms with E-state index in [1.54, 1.807) is 7.11 Å². The summed E-state index contributed by atoms with van der Waals surface area (Å²) in [4.78, 5) is 4.43. The number of piperazine rings is 1. The first-order chi connectivity index (χ1) is 8.65. The first-order valence-corrected chi connectivity index (χ1v) is 6.15. The first kappa shape index (κ1) is 13.0. The van der Waals surface area contributed by atoms with E-state index in [4.69, 9.17) is 10.5 Å². The molecular weight excluding hydrogens is 230 g/mol. The number of nitrogens with zero attached hydrogens (tertiary/aromatic N) is 2. The highest BCUT2D eigenvalue weighted by Gasteiger charge is 2.23. The number of benzene rings is 1. The summed E-state index contributed by atoms with van der Waals surface area (Å²) in [5, 5.41) is 9.35. The van der Waals surface area contributed by atoms with Crippen LogP contribution in [0, 0.1) is 0 Å². The normalized spacial score (nSPS) is 21.1. The number of likely N-dealkylation sites (N-methyl/N-ethyl adjacent to an activating group) is 1. The molecule has 100 valence electrons. The van der Waals surface area contributed by atoms with Crippen molar-refractivity contribution in [2.45, 2.75) is 6.04 Å². The summed E-state index contributed by atoms with van der Waals surface area (Å²) in [6.45, 7) is 2.88. The molecule has 5 heteroatoms. The Bertz CT molecular complexity index is 411. The highest BCUT2D eigenvalue weighted by atomic mass is 16.5. The van der Waals surface area contributed by atoms with Gasteiger partial charge in [0.15, 0.2) is 0 Å². The molecule has 0 amide bonds. The Kier molecular flexibility index (Phi) is 3.93. The quantitative estimate of drug-likeness (QED) is 0.761. The van der Waals surface area contributed by atoms with Crippen molar-refractivity contribution in [1.29, 1.82) is 0 Å². The van der Waals surface area contributed by atoms with Crippen LogP contribution in [0.1, 0.15) is 0 Å². The van der Waals surface area contributed by atoms with Gasteiger partial charge in [0.2, 0.25) is 0 Å². The van der Waals surface area contributed by atoms with Crippen molar-refractivity contribution < 1.29 is 9.84 Å². The number of methoxy groups -OCH3 is 1. The van der Waals surface area contributed by atoms with Gasteiger partial charge in [-0.25, -0.2) is 0 Å². The van der Waals surface area contributed by atoms with Crippen molar-refractivity contribution in [3.05, 3.63) is 18.2 Å². The maximum atomic E-state index is 9.35. The van der Waals surface area contributed by atoms with E-state index in [2.05, 4.69) is 9.80 Å². The van der Waals surface area contributed by atoms with Crippen LogP contribution in [0.2, 0.25) is 0 Å². The van der Waals surface area contributed by atoms with Gasteiger partial charge in [-0.1, -0.05) is 0 Å². The maximum absolute atomic E-state index is 9.35. The number of aliphatic hydroxyl groups is 1. The van der Waals surface area contributed by atoms with E-state index >= 15 is 0 Å². The van der Waals surface area contributed by atoms with Crippen LogP contribution in [-0.2, 0) is 0 Å². The van der Waals surface area contributed by atoms with E-state index in [0.717, 1.165) is 25.3 Å². The third-order valence-corrected chi connectivity index (χ3v) is 3.57. The lowest BCUT2D eigenvalue weighted by Gasteiger charge is -2.39. The molecule has 1 aromatic rings. The van der Waals surface area contributed by atoms with Crippen molar-refractivity contribution in [3.63, 3.8) is 0 Å². The van der Waals surface area contributed by atoms with Crippen molar-refractivity contribution in [3.8, 4) is 5.75 Å². The summed E-state index contributed by atoms with van der Waals surface area (Å²) in [7, 11) is 3.66. The molecule has 1 aliphatic heterocycles. The third kappa shape index (κ3) is 2.52. The molecule has 0 saturated carbocycles. The summed E-state index contributed by atoms with van der Waals surface area (Å²) < 4.78 is 5.15. The van der Waals surface area contributed by atoms with Gasteiger partial charge in [-0.15, -0.1) is 0 Å². The SMILES string of the molecule is COc1ccc(N2CCN(C)C(CO)C2)cc1N. The fourth-order valence-electron chi connectivity index (χ4n) is 2.30. The number of hydrogen-bond acceptors (Lipinski definition) is 5. The van der Waals surface area contributed by atoms with Crippen molar-refractivity contribution in [1.82, 2.24) is 4.90 Å². The Morgan fingerprint density at radius 2 is 2.22 bits per heavy atom. The number of aliphatic hydroxyl groups excluding tert-OH is 1. The lowest BCUT2D eigenvalue weighted by molar-refractivity contribution is 0.135.